The lowest BCUT2D eigenvalue weighted by Gasteiger charge is -2.31. The number of hydrogen-bond acceptors (Lipinski definition) is 7. The minimum absolute atomic E-state index is 0.0287. The summed E-state index contributed by atoms with van der Waals surface area (Å²) in [5, 5.41) is 15.8. The molecule has 1 amide bonds. The molecule has 0 radical (unpaired) electrons. The number of rotatable bonds is 6. The van der Waals surface area contributed by atoms with Gasteiger partial charge in [0.1, 0.15) is 0 Å². The molecule has 8 nitrogen and oxygen atoms in total. The summed E-state index contributed by atoms with van der Waals surface area (Å²) in [5.74, 6) is -3.02. The summed E-state index contributed by atoms with van der Waals surface area (Å²) in [6.45, 7) is 0. The van der Waals surface area contributed by atoms with Crippen LogP contribution in [0.1, 0.15) is 25.7 Å². The van der Waals surface area contributed by atoms with Crippen LogP contribution in [0.2, 0.25) is 0 Å². The van der Waals surface area contributed by atoms with Crippen LogP contribution < -0.4 is 15.1 Å². The maximum atomic E-state index is 12.4. The molecule has 1 fully saturated rings. The van der Waals surface area contributed by atoms with E-state index in [4.69, 9.17) is 0 Å². The van der Waals surface area contributed by atoms with Crippen LogP contribution in [0, 0.1) is 11.8 Å². The minimum atomic E-state index is -3.77. The molecule has 0 saturated heterocycles. The SMILES string of the molecule is O=C([O-])[C@@H]1CCCC[C@H]1C(=O)Nc1ccc(S(=O)(=O)Nc2nccs2)cc1. The van der Waals surface area contributed by atoms with Gasteiger partial charge in [-0.3, -0.25) is 9.52 Å². The number of carboxylic acid groups (broad SMARTS) is 1. The number of carbonyl (C=O) groups is 2. The Balaban J connectivity index is 1.68. The van der Waals surface area contributed by atoms with E-state index in [0.717, 1.165) is 24.2 Å². The van der Waals surface area contributed by atoms with Crippen LogP contribution in [0.15, 0.2) is 40.7 Å². The molecule has 1 aromatic heterocycles. The number of carbonyl (C=O) groups excluding carboxylic acids is 2. The van der Waals surface area contributed by atoms with Crippen LogP contribution in [0.4, 0.5) is 10.8 Å². The maximum absolute atomic E-state index is 12.4. The summed E-state index contributed by atoms with van der Waals surface area (Å²) in [4.78, 5) is 27.6. The zero-order valence-electron chi connectivity index (χ0n) is 14.3. The number of thiazole rings is 1. The number of nitrogens with zero attached hydrogens (tertiary/aromatic N) is 1. The van der Waals surface area contributed by atoms with Crippen LogP contribution in [-0.4, -0.2) is 25.3 Å². The van der Waals surface area contributed by atoms with Gasteiger partial charge in [0.05, 0.1) is 4.90 Å². The van der Waals surface area contributed by atoms with Gasteiger partial charge in [0.25, 0.3) is 10.0 Å². The molecule has 2 N–H and O–H groups in total. The number of hydrogen-bond donors (Lipinski definition) is 2. The van der Waals surface area contributed by atoms with E-state index in [1.54, 1.807) is 5.38 Å². The van der Waals surface area contributed by atoms with Gasteiger partial charge in [-0.1, -0.05) is 12.8 Å². The first-order valence-corrected chi connectivity index (χ1v) is 10.8. The number of aromatic nitrogens is 1. The Hall–Kier alpha value is -2.46. The van der Waals surface area contributed by atoms with E-state index in [9.17, 15) is 23.1 Å². The highest BCUT2D eigenvalue weighted by Gasteiger charge is 2.31. The molecule has 1 aliphatic rings. The second-order valence-corrected chi connectivity index (χ2v) is 8.85. The third-order valence-electron chi connectivity index (χ3n) is 4.49. The lowest BCUT2D eigenvalue weighted by molar-refractivity contribution is -0.313. The molecule has 0 spiro atoms. The van der Waals surface area contributed by atoms with E-state index in [0.29, 0.717) is 18.5 Å². The number of amides is 1. The first-order chi connectivity index (χ1) is 12.9. The smallest absolute Gasteiger partial charge is 0.263 e. The van der Waals surface area contributed by atoms with Crippen molar-refractivity contribution in [3.05, 3.63) is 35.8 Å². The van der Waals surface area contributed by atoms with Gasteiger partial charge in [-0.25, -0.2) is 13.4 Å². The van der Waals surface area contributed by atoms with Crippen LogP contribution >= 0.6 is 11.3 Å². The molecule has 0 aliphatic heterocycles. The zero-order chi connectivity index (χ0) is 19.4. The topological polar surface area (TPSA) is 128 Å². The number of benzene rings is 1. The molecule has 1 aromatic carbocycles. The van der Waals surface area contributed by atoms with E-state index in [1.165, 1.54) is 30.5 Å². The third-order valence-corrected chi connectivity index (χ3v) is 6.66. The fourth-order valence-corrected chi connectivity index (χ4v) is 4.92. The molecule has 0 bridgehead atoms. The summed E-state index contributed by atoms with van der Waals surface area (Å²) in [6, 6.07) is 5.65. The molecule has 27 heavy (non-hydrogen) atoms. The number of anilines is 2. The van der Waals surface area contributed by atoms with Gasteiger partial charge in [0, 0.05) is 35.1 Å². The van der Waals surface area contributed by atoms with Crippen LogP contribution in [0.3, 0.4) is 0 Å². The average Bonchev–Trinajstić information content (AvgIpc) is 3.14. The molecule has 10 heteroatoms. The van der Waals surface area contributed by atoms with E-state index < -0.39 is 27.8 Å². The molecule has 144 valence electrons. The molecule has 3 rings (SSSR count). The Morgan fingerprint density at radius 2 is 1.78 bits per heavy atom. The molecule has 1 saturated carbocycles. The van der Waals surface area contributed by atoms with E-state index in [2.05, 4.69) is 15.0 Å². The van der Waals surface area contributed by atoms with Crippen molar-refractivity contribution in [1.82, 2.24) is 4.98 Å². The monoisotopic (exact) mass is 408 g/mol. The summed E-state index contributed by atoms with van der Waals surface area (Å²) in [5.41, 5.74) is 0.399. The quantitative estimate of drug-likeness (QED) is 0.744. The Labute approximate surface area is 160 Å². The Bertz CT molecular complexity index is 911. The summed E-state index contributed by atoms with van der Waals surface area (Å²) in [7, 11) is -3.77. The number of carboxylic acids is 1. The summed E-state index contributed by atoms with van der Waals surface area (Å²) < 4.78 is 27.0. The molecule has 1 heterocycles. The van der Waals surface area contributed by atoms with Gasteiger partial charge in [-0.05, 0) is 37.1 Å². The largest absolute Gasteiger partial charge is 0.550 e. The van der Waals surface area contributed by atoms with Crippen molar-refractivity contribution in [2.75, 3.05) is 10.0 Å². The van der Waals surface area contributed by atoms with Crippen LogP contribution in [-0.2, 0) is 19.6 Å². The van der Waals surface area contributed by atoms with Gasteiger partial charge in [0.2, 0.25) is 5.91 Å². The third kappa shape index (κ3) is 4.64. The Morgan fingerprint density at radius 1 is 1.11 bits per heavy atom. The molecule has 2 aromatic rings. The first-order valence-electron chi connectivity index (χ1n) is 8.41. The normalized spacial score (nSPS) is 20.0. The predicted molar refractivity (Wildman–Crippen MR) is 98.4 cm³/mol. The van der Waals surface area contributed by atoms with Crippen molar-refractivity contribution >= 4 is 44.1 Å². The molecule has 1 aliphatic carbocycles. The molecule has 2 atom stereocenters. The first kappa shape index (κ1) is 19.3. The lowest BCUT2D eigenvalue weighted by Crippen LogP contribution is -2.42. The van der Waals surface area contributed by atoms with Gasteiger partial charge in [-0.15, -0.1) is 11.3 Å². The highest BCUT2D eigenvalue weighted by molar-refractivity contribution is 7.93. The number of aliphatic carboxylic acids is 1. The van der Waals surface area contributed by atoms with E-state index in [-0.39, 0.29) is 15.9 Å². The summed E-state index contributed by atoms with van der Waals surface area (Å²) >= 11 is 1.16. The highest BCUT2D eigenvalue weighted by atomic mass is 32.2. The van der Waals surface area contributed by atoms with Crippen LogP contribution in [0.25, 0.3) is 0 Å². The fourth-order valence-electron chi connectivity index (χ4n) is 3.13. The summed E-state index contributed by atoms with van der Waals surface area (Å²) in [6.07, 6.45) is 3.98. The van der Waals surface area contributed by atoms with Crippen molar-refractivity contribution in [1.29, 1.82) is 0 Å². The minimum Gasteiger partial charge on any atom is -0.550 e. The average molecular weight is 408 g/mol. The molecular formula is C17H18N3O5S2-. The predicted octanol–water partition coefficient (Wildman–Crippen LogP) is 1.44. The maximum Gasteiger partial charge on any atom is 0.263 e. The van der Waals surface area contributed by atoms with Crippen molar-refractivity contribution in [3.63, 3.8) is 0 Å². The van der Waals surface area contributed by atoms with Gasteiger partial charge < -0.3 is 15.2 Å². The Kier molecular flexibility index (Phi) is 5.76. The standard InChI is InChI=1S/C17H19N3O5S2/c21-15(13-3-1-2-4-14(13)16(22)23)19-11-5-7-12(8-6-11)27(24,25)20-17-18-9-10-26-17/h5-10,13-14H,1-4H2,(H,18,20)(H,19,21)(H,22,23)/p-1/t13-,14-/m1/s1. The molecule has 0 unspecified atom stereocenters. The molecular weight excluding hydrogens is 390 g/mol. The van der Waals surface area contributed by atoms with Gasteiger partial charge in [-0.2, -0.15) is 0 Å². The number of nitrogens with one attached hydrogen (secondary N) is 2. The van der Waals surface area contributed by atoms with Crippen molar-refractivity contribution in [2.24, 2.45) is 11.8 Å². The van der Waals surface area contributed by atoms with Crippen molar-refractivity contribution in [2.45, 2.75) is 30.6 Å². The lowest BCUT2D eigenvalue weighted by atomic mass is 9.78. The second-order valence-electron chi connectivity index (χ2n) is 6.27. The zero-order valence-corrected chi connectivity index (χ0v) is 15.9. The van der Waals surface area contributed by atoms with Crippen LogP contribution in [0.5, 0.6) is 0 Å². The Morgan fingerprint density at radius 3 is 2.37 bits per heavy atom. The van der Waals surface area contributed by atoms with Crippen molar-refractivity contribution < 1.29 is 23.1 Å². The van der Waals surface area contributed by atoms with Gasteiger partial charge in [0.15, 0.2) is 5.13 Å². The second kappa shape index (κ2) is 8.05. The highest BCUT2D eigenvalue weighted by Crippen LogP contribution is 2.31. The van der Waals surface area contributed by atoms with Gasteiger partial charge >= 0.3 is 0 Å². The number of sulfonamides is 1. The fraction of sp³-hybridized carbons (Fsp3) is 0.353. The van der Waals surface area contributed by atoms with Crippen molar-refractivity contribution in [3.8, 4) is 0 Å². The van der Waals surface area contributed by atoms with E-state index in [1.807, 2.05) is 0 Å². The van der Waals surface area contributed by atoms with E-state index >= 15 is 0 Å².